The molecular weight excluding hydrogens is 549 g/mol. The normalized spacial score (nSPS) is 16.5. The number of likely N-dealkylation sites (N-methyl/N-ethyl adjacent to an activating group) is 1. The predicted molar refractivity (Wildman–Crippen MR) is 147 cm³/mol. The number of nitrogens with zero attached hydrogens (tertiary/aromatic N) is 4. The van der Waals surface area contributed by atoms with E-state index in [-0.39, 0.29) is 29.2 Å². The Hall–Kier alpha value is -3.48. The van der Waals surface area contributed by atoms with Crippen molar-refractivity contribution in [2.45, 2.75) is 25.3 Å². The lowest BCUT2D eigenvalue weighted by Crippen LogP contribution is -2.34. The maximum atomic E-state index is 13.2. The van der Waals surface area contributed by atoms with E-state index >= 15 is 0 Å². The van der Waals surface area contributed by atoms with Crippen molar-refractivity contribution in [1.82, 2.24) is 19.4 Å². The van der Waals surface area contributed by atoms with E-state index in [0.717, 1.165) is 25.3 Å². The fourth-order valence-corrected chi connectivity index (χ4v) is 5.12. The molecule has 1 N–H and O–H groups in total. The zero-order valence-corrected chi connectivity index (χ0v) is 23.1. The van der Waals surface area contributed by atoms with Crippen LogP contribution in [0, 0.1) is 0 Å². The monoisotopic (exact) mass is 577 g/mol. The third kappa shape index (κ3) is 7.34. The maximum Gasteiger partial charge on any atom is 0.488 e. The van der Waals surface area contributed by atoms with Crippen LogP contribution < -0.4 is 9.50 Å². The third-order valence-electron chi connectivity index (χ3n) is 6.23. The molecular formula is C26H29ClFN5O5S. The van der Waals surface area contributed by atoms with Gasteiger partial charge in [0.25, 0.3) is 5.91 Å². The van der Waals surface area contributed by atoms with Crippen LogP contribution in [0.1, 0.15) is 35.7 Å². The number of carbonyl (C=O) groups excluding carboxylic acids is 2. The Labute approximate surface area is 231 Å². The van der Waals surface area contributed by atoms with E-state index in [1.54, 1.807) is 29.2 Å². The summed E-state index contributed by atoms with van der Waals surface area (Å²) in [4.78, 5) is 34.5. The molecule has 1 saturated heterocycles. The summed E-state index contributed by atoms with van der Waals surface area (Å²) in [6.45, 7) is 1.64. The number of fused-ring (bicyclic) bond motifs is 1. The zero-order chi connectivity index (χ0) is 28.2. The van der Waals surface area contributed by atoms with Crippen molar-refractivity contribution in [2.24, 2.45) is 0 Å². The molecule has 1 aromatic heterocycles. The van der Waals surface area contributed by atoms with E-state index in [0.29, 0.717) is 35.7 Å². The highest BCUT2D eigenvalue weighted by Gasteiger charge is 2.27. The number of imidazole rings is 1. The van der Waals surface area contributed by atoms with Crippen LogP contribution in [-0.4, -0.2) is 73.3 Å². The lowest BCUT2D eigenvalue weighted by atomic mass is 10.1. The van der Waals surface area contributed by atoms with Crippen LogP contribution in [0.5, 0.6) is 5.75 Å². The number of carbonyl (C=O) groups is 2. The van der Waals surface area contributed by atoms with E-state index in [4.69, 9.17) is 11.6 Å². The van der Waals surface area contributed by atoms with Crippen molar-refractivity contribution >= 4 is 50.9 Å². The molecule has 1 aliphatic heterocycles. The van der Waals surface area contributed by atoms with Crippen molar-refractivity contribution in [3.63, 3.8) is 0 Å². The predicted octanol–water partition coefficient (Wildman–Crippen LogP) is 4.21. The van der Waals surface area contributed by atoms with Gasteiger partial charge in [-0.15, -0.1) is 0 Å². The first-order valence-corrected chi connectivity index (χ1v) is 14.0. The molecule has 2 aromatic carbocycles. The average Bonchev–Trinajstić information content (AvgIpc) is 3.05. The Balaban J connectivity index is 1.66. The Morgan fingerprint density at radius 3 is 2.74 bits per heavy atom. The summed E-state index contributed by atoms with van der Waals surface area (Å²) in [7, 11) is -1.40. The molecule has 3 aromatic rings. The number of aromatic nitrogens is 2. The topological polar surface area (TPSA) is 114 Å². The molecule has 39 heavy (non-hydrogen) atoms. The van der Waals surface area contributed by atoms with Gasteiger partial charge in [0, 0.05) is 31.3 Å². The first kappa shape index (κ1) is 28.5. The minimum absolute atomic E-state index is 0.0320. The summed E-state index contributed by atoms with van der Waals surface area (Å²) in [6.07, 6.45) is 5.81. The Bertz CT molecular complexity index is 1510. The van der Waals surface area contributed by atoms with Gasteiger partial charge in [-0.2, -0.15) is 8.42 Å². The molecule has 0 spiro atoms. The van der Waals surface area contributed by atoms with Crippen LogP contribution in [0.25, 0.3) is 11.0 Å². The van der Waals surface area contributed by atoms with Crippen molar-refractivity contribution in [3.8, 4) is 5.75 Å². The second-order valence-electron chi connectivity index (χ2n) is 9.47. The molecule has 1 fully saturated rings. The highest BCUT2D eigenvalue weighted by atomic mass is 35.5. The van der Waals surface area contributed by atoms with Crippen molar-refractivity contribution in [2.75, 3.05) is 39.0 Å². The quantitative estimate of drug-likeness (QED) is 0.315. The molecule has 208 valence electrons. The van der Waals surface area contributed by atoms with Gasteiger partial charge in [-0.25, -0.2) is 4.98 Å². The number of para-hydroxylation sites is 1. The molecule has 1 unspecified atom stereocenters. The standard InChI is InChI=1S/C26H29ClFN5O5S/c1-31(2)14-7-13-23(34)32-15-4-3-9-19(17-32)33-24-21(27)11-6-12-22(24)29-26(33)30-25(35)18-8-5-10-20(16-18)38-39(28,36)37/h5-8,10-13,16,19H,3-4,9,14-15,17H2,1-2H3,(H,29,30,35)/b13-7+. The minimum Gasteiger partial charge on any atom is -0.358 e. The fourth-order valence-electron chi connectivity index (χ4n) is 4.53. The first-order chi connectivity index (χ1) is 18.5. The van der Waals surface area contributed by atoms with Crippen LogP contribution in [0.2, 0.25) is 5.02 Å². The molecule has 1 atom stereocenters. The molecule has 13 heteroatoms. The second-order valence-corrected chi connectivity index (χ2v) is 10.8. The maximum absolute atomic E-state index is 13.2. The van der Waals surface area contributed by atoms with Gasteiger partial charge in [0.05, 0.1) is 22.1 Å². The van der Waals surface area contributed by atoms with Gasteiger partial charge < -0.3 is 18.6 Å². The van der Waals surface area contributed by atoms with Gasteiger partial charge in [0.1, 0.15) is 5.75 Å². The molecule has 0 radical (unpaired) electrons. The van der Waals surface area contributed by atoms with E-state index < -0.39 is 16.4 Å². The van der Waals surface area contributed by atoms with Gasteiger partial charge in [0.2, 0.25) is 11.9 Å². The highest BCUT2D eigenvalue weighted by Crippen LogP contribution is 2.34. The highest BCUT2D eigenvalue weighted by molar-refractivity contribution is 7.81. The summed E-state index contributed by atoms with van der Waals surface area (Å²) < 4.78 is 40.8. The Kier molecular flexibility index (Phi) is 8.88. The molecule has 4 rings (SSSR count). The van der Waals surface area contributed by atoms with Crippen LogP contribution >= 0.6 is 11.6 Å². The summed E-state index contributed by atoms with van der Waals surface area (Å²) in [5.74, 6) is -0.834. The van der Waals surface area contributed by atoms with Crippen molar-refractivity contribution in [3.05, 3.63) is 65.2 Å². The van der Waals surface area contributed by atoms with E-state index in [2.05, 4.69) is 14.5 Å². The number of benzene rings is 2. The fraction of sp³-hybridized carbons (Fsp3) is 0.346. The number of anilines is 1. The number of hydrogen-bond donors (Lipinski definition) is 1. The summed E-state index contributed by atoms with van der Waals surface area (Å²) in [6, 6.07) is 10.2. The lowest BCUT2D eigenvalue weighted by molar-refractivity contribution is -0.126. The lowest BCUT2D eigenvalue weighted by Gasteiger charge is -2.26. The molecule has 0 saturated carbocycles. The van der Waals surface area contributed by atoms with Gasteiger partial charge >= 0.3 is 10.5 Å². The molecule has 0 aliphatic carbocycles. The first-order valence-electron chi connectivity index (χ1n) is 12.3. The minimum atomic E-state index is -5.25. The van der Waals surface area contributed by atoms with E-state index in [1.807, 2.05) is 29.6 Å². The number of nitrogens with one attached hydrogen (secondary N) is 1. The Morgan fingerprint density at radius 2 is 2.00 bits per heavy atom. The van der Waals surface area contributed by atoms with Gasteiger partial charge in [-0.1, -0.05) is 33.7 Å². The summed E-state index contributed by atoms with van der Waals surface area (Å²) in [5, 5.41) is 3.22. The third-order valence-corrected chi connectivity index (χ3v) is 6.93. The molecule has 0 bridgehead atoms. The number of hydrogen-bond acceptors (Lipinski definition) is 7. The van der Waals surface area contributed by atoms with Crippen LogP contribution in [0.3, 0.4) is 0 Å². The zero-order valence-electron chi connectivity index (χ0n) is 21.5. The number of amides is 2. The smallest absolute Gasteiger partial charge is 0.358 e. The van der Waals surface area contributed by atoms with Gasteiger partial charge in [0.15, 0.2) is 0 Å². The van der Waals surface area contributed by atoms with Crippen LogP contribution in [0.15, 0.2) is 54.6 Å². The van der Waals surface area contributed by atoms with E-state index in [9.17, 15) is 21.9 Å². The van der Waals surface area contributed by atoms with Crippen LogP contribution in [-0.2, 0) is 15.3 Å². The molecule has 1 aliphatic rings. The van der Waals surface area contributed by atoms with Crippen molar-refractivity contribution in [1.29, 1.82) is 0 Å². The number of halogens is 2. The Morgan fingerprint density at radius 1 is 1.23 bits per heavy atom. The largest absolute Gasteiger partial charge is 0.488 e. The van der Waals surface area contributed by atoms with E-state index in [1.165, 1.54) is 18.2 Å². The molecule has 2 amide bonds. The van der Waals surface area contributed by atoms with Crippen molar-refractivity contribution < 1.29 is 26.1 Å². The number of likely N-dealkylation sites (tertiary alicyclic amines) is 1. The molecule has 2 heterocycles. The van der Waals surface area contributed by atoms with Gasteiger partial charge in [-0.3, -0.25) is 14.9 Å². The summed E-state index contributed by atoms with van der Waals surface area (Å²) >= 11 is 6.59. The number of rotatable bonds is 8. The SMILES string of the molecule is CN(C)C/C=C/C(=O)N1CCCCC(n2c(NC(=O)c3cccc(OS(=O)(=O)F)c3)nc3cccc(Cl)c32)C1. The molecule has 10 nitrogen and oxygen atoms in total. The second kappa shape index (κ2) is 12.1. The average molecular weight is 578 g/mol. The van der Waals surface area contributed by atoms with Crippen LogP contribution in [0.4, 0.5) is 9.83 Å². The summed E-state index contributed by atoms with van der Waals surface area (Å²) in [5.41, 5.74) is 1.22. The van der Waals surface area contributed by atoms with Gasteiger partial charge in [-0.05, 0) is 63.7 Å².